The zero-order valence-corrected chi connectivity index (χ0v) is 20.1. The zero-order chi connectivity index (χ0) is 24.2. The van der Waals surface area contributed by atoms with E-state index in [-0.39, 0.29) is 35.5 Å². The van der Waals surface area contributed by atoms with Crippen molar-refractivity contribution in [3.8, 4) is 11.4 Å². The Morgan fingerprint density at radius 2 is 1.88 bits per heavy atom. The second-order valence-electron chi connectivity index (χ2n) is 9.38. The molecule has 0 spiro atoms. The molecule has 1 aromatic carbocycles. The Balaban J connectivity index is 1.86. The van der Waals surface area contributed by atoms with E-state index in [1.54, 1.807) is 23.9 Å². The van der Waals surface area contributed by atoms with Crippen LogP contribution in [0.1, 0.15) is 50.9 Å². The van der Waals surface area contributed by atoms with Crippen molar-refractivity contribution in [2.24, 2.45) is 5.92 Å². The second-order valence-corrected chi connectivity index (χ2v) is 9.38. The summed E-state index contributed by atoms with van der Waals surface area (Å²) in [6, 6.07) is 12.5. The van der Waals surface area contributed by atoms with Crippen LogP contribution in [-0.2, 0) is 10.2 Å². The fourth-order valence-electron chi connectivity index (χ4n) is 3.33. The maximum Gasteiger partial charge on any atom is 0.290 e. The number of benzene rings is 1. The van der Waals surface area contributed by atoms with Crippen LogP contribution in [0.3, 0.4) is 0 Å². The molecule has 2 heterocycles. The Morgan fingerprint density at radius 3 is 2.42 bits per heavy atom. The van der Waals surface area contributed by atoms with E-state index in [0.717, 1.165) is 17.1 Å². The third-order valence-corrected chi connectivity index (χ3v) is 5.00. The molecule has 2 aromatic heterocycles. The maximum absolute atomic E-state index is 13.0. The van der Waals surface area contributed by atoms with E-state index in [1.165, 1.54) is 11.2 Å². The average Bonchev–Trinajstić information content (AvgIpc) is 3.42. The van der Waals surface area contributed by atoms with E-state index in [4.69, 9.17) is 14.3 Å². The SMILES string of the molecule is COc1ccc(-n2nc(C(C)(C)C)cc2NC(=O)CN(CC(C)C)C(=O)c2ccco2)cc1. The highest BCUT2D eigenvalue weighted by Crippen LogP contribution is 2.27. The second kappa shape index (κ2) is 9.94. The van der Waals surface area contributed by atoms with Gasteiger partial charge in [-0.3, -0.25) is 9.59 Å². The number of rotatable bonds is 8. The Kier molecular flexibility index (Phi) is 7.26. The van der Waals surface area contributed by atoms with Crippen LogP contribution in [0.15, 0.2) is 53.1 Å². The number of ether oxygens (including phenoxy) is 1. The number of carbonyl (C=O) groups is 2. The van der Waals surface area contributed by atoms with Gasteiger partial charge in [-0.05, 0) is 42.3 Å². The highest BCUT2D eigenvalue weighted by atomic mass is 16.5. The zero-order valence-electron chi connectivity index (χ0n) is 20.1. The van der Waals surface area contributed by atoms with Crippen molar-refractivity contribution >= 4 is 17.6 Å². The highest BCUT2D eigenvalue weighted by Gasteiger charge is 2.25. The molecule has 0 radical (unpaired) electrons. The summed E-state index contributed by atoms with van der Waals surface area (Å²) in [7, 11) is 1.61. The summed E-state index contributed by atoms with van der Waals surface area (Å²) >= 11 is 0. The third kappa shape index (κ3) is 6.03. The van der Waals surface area contributed by atoms with E-state index in [1.807, 2.05) is 44.2 Å². The van der Waals surface area contributed by atoms with Gasteiger partial charge in [-0.2, -0.15) is 5.10 Å². The lowest BCUT2D eigenvalue weighted by Gasteiger charge is -2.23. The first kappa shape index (κ1) is 24.1. The molecule has 0 unspecified atom stereocenters. The number of furan rings is 1. The summed E-state index contributed by atoms with van der Waals surface area (Å²) in [4.78, 5) is 27.4. The minimum Gasteiger partial charge on any atom is -0.497 e. The number of anilines is 1. The summed E-state index contributed by atoms with van der Waals surface area (Å²) in [5.41, 5.74) is 1.41. The lowest BCUT2D eigenvalue weighted by molar-refractivity contribution is -0.117. The minimum atomic E-state index is -0.317. The third-order valence-electron chi connectivity index (χ3n) is 5.00. The largest absolute Gasteiger partial charge is 0.497 e. The summed E-state index contributed by atoms with van der Waals surface area (Å²) < 4.78 is 12.2. The molecule has 0 aliphatic rings. The molecule has 0 saturated carbocycles. The number of nitrogens with zero attached hydrogens (tertiary/aromatic N) is 3. The van der Waals surface area contributed by atoms with Gasteiger partial charge in [0.1, 0.15) is 18.1 Å². The number of amides is 2. The van der Waals surface area contributed by atoms with E-state index in [9.17, 15) is 9.59 Å². The van der Waals surface area contributed by atoms with Crippen molar-refractivity contribution in [1.82, 2.24) is 14.7 Å². The first-order valence-electron chi connectivity index (χ1n) is 11.0. The van der Waals surface area contributed by atoms with E-state index < -0.39 is 0 Å². The predicted octanol–water partition coefficient (Wildman–Crippen LogP) is 4.51. The first-order chi connectivity index (χ1) is 15.6. The topological polar surface area (TPSA) is 89.6 Å². The van der Waals surface area contributed by atoms with Crippen LogP contribution < -0.4 is 10.1 Å². The molecule has 0 aliphatic heterocycles. The molecule has 1 N–H and O–H groups in total. The van der Waals surface area contributed by atoms with Gasteiger partial charge in [0, 0.05) is 18.0 Å². The lowest BCUT2D eigenvalue weighted by atomic mass is 9.92. The van der Waals surface area contributed by atoms with E-state index in [2.05, 4.69) is 26.1 Å². The van der Waals surface area contributed by atoms with Gasteiger partial charge in [0.2, 0.25) is 5.91 Å². The molecular weight excluding hydrogens is 420 g/mol. The molecule has 0 fully saturated rings. The van der Waals surface area contributed by atoms with Gasteiger partial charge in [0.25, 0.3) is 5.91 Å². The van der Waals surface area contributed by atoms with Crippen LogP contribution in [0, 0.1) is 5.92 Å². The normalized spacial score (nSPS) is 11.5. The van der Waals surface area contributed by atoms with Crippen LogP contribution in [0.5, 0.6) is 5.75 Å². The van der Waals surface area contributed by atoms with Crippen molar-refractivity contribution in [3.63, 3.8) is 0 Å². The monoisotopic (exact) mass is 452 g/mol. The molecular formula is C25H32N4O4. The Labute approximate surface area is 194 Å². The Hall–Kier alpha value is -3.55. The van der Waals surface area contributed by atoms with Crippen LogP contribution in [0.4, 0.5) is 5.82 Å². The molecule has 3 rings (SSSR count). The van der Waals surface area contributed by atoms with Crippen LogP contribution in [-0.4, -0.2) is 46.7 Å². The van der Waals surface area contributed by atoms with Crippen LogP contribution >= 0.6 is 0 Å². The van der Waals surface area contributed by atoms with Crippen molar-refractivity contribution in [3.05, 3.63) is 60.2 Å². The summed E-state index contributed by atoms with van der Waals surface area (Å²) in [5, 5.41) is 7.67. The van der Waals surface area contributed by atoms with Crippen molar-refractivity contribution in [2.45, 2.75) is 40.0 Å². The number of methoxy groups -OCH3 is 1. The van der Waals surface area contributed by atoms with Crippen LogP contribution in [0.25, 0.3) is 5.69 Å². The molecule has 0 aliphatic carbocycles. The fraction of sp³-hybridized carbons (Fsp3) is 0.400. The number of aromatic nitrogens is 2. The molecule has 0 saturated heterocycles. The molecule has 3 aromatic rings. The van der Waals surface area contributed by atoms with Gasteiger partial charge < -0.3 is 19.4 Å². The van der Waals surface area contributed by atoms with Gasteiger partial charge in [0.15, 0.2) is 5.76 Å². The molecule has 176 valence electrons. The van der Waals surface area contributed by atoms with Gasteiger partial charge >= 0.3 is 0 Å². The van der Waals surface area contributed by atoms with Crippen LogP contribution in [0.2, 0.25) is 0 Å². The maximum atomic E-state index is 13.0. The number of nitrogens with one attached hydrogen (secondary N) is 1. The van der Waals surface area contributed by atoms with E-state index in [0.29, 0.717) is 12.4 Å². The molecule has 33 heavy (non-hydrogen) atoms. The van der Waals surface area contributed by atoms with Gasteiger partial charge in [-0.25, -0.2) is 4.68 Å². The predicted molar refractivity (Wildman–Crippen MR) is 127 cm³/mol. The highest BCUT2D eigenvalue weighted by molar-refractivity contribution is 5.97. The van der Waals surface area contributed by atoms with Gasteiger partial charge in [0.05, 0.1) is 24.8 Å². The molecule has 2 amide bonds. The molecule has 0 atom stereocenters. The average molecular weight is 453 g/mol. The van der Waals surface area contributed by atoms with E-state index >= 15 is 0 Å². The van der Waals surface area contributed by atoms with Crippen molar-refractivity contribution in [2.75, 3.05) is 25.5 Å². The first-order valence-corrected chi connectivity index (χ1v) is 11.0. The summed E-state index contributed by atoms with van der Waals surface area (Å²) in [5.74, 6) is 1.03. The van der Waals surface area contributed by atoms with Gasteiger partial charge in [-0.1, -0.05) is 34.6 Å². The Morgan fingerprint density at radius 1 is 1.18 bits per heavy atom. The fourth-order valence-corrected chi connectivity index (χ4v) is 3.33. The van der Waals surface area contributed by atoms with Crippen molar-refractivity contribution < 1.29 is 18.7 Å². The summed E-state index contributed by atoms with van der Waals surface area (Å²) in [6.45, 7) is 10.5. The standard InChI is InChI=1S/C25H32N4O4/c1-17(2)15-28(24(31)20-8-7-13-33-20)16-23(30)26-22-14-21(25(3,4)5)27-29(22)18-9-11-19(32-6)12-10-18/h7-14,17H,15-16H2,1-6H3,(H,26,30). The molecule has 8 nitrogen and oxygen atoms in total. The number of hydrogen-bond donors (Lipinski definition) is 1. The molecule has 8 heteroatoms. The quantitative estimate of drug-likeness (QED) is 0.543. The summed E-state index contributed by atoms with van der Waals surface area (Å²) in [6.07, 6.45) is 1.45. The molecule has 0 bridgehead atoms. The lowest BCUT2D eigenvalue weighted by Crippen LogP contribution is -2.40. The smallest absolute Gasteiger partial charge is 0.290 e. The number of hydrogen-bond acceptors (Lipinski definition) is 5. The van der Waals surface area contributed by atoms with Gasteiger partial charge in [-0.15, -0.1) is 0 Å². The number of carbonyl (C=O) groups excluding carboxylic acids is 2. The van der Waals surface area contributed by atoms with Crippen molar-refractivity contribution in [1.29, 1.82) is 0 Å². The Bertz CT molecular complexity index is 1080. The minimum absolute atomic E-state index is 0.101.